The summed E-state index contributed by atoms with van der Waals surface area (Å²) in [7, 11) is 0. The number of carbonyl (C=O) groups excluding carboxylic acids is 1. The smallest absolute Gasteiger partial charge is 0.305 e. The van der Waals surface area contributed by atoms with Crippen molar-refractivity contribution in [3.8, 4) is 0 Å². The van der Waals surface area contributed by atoms with Crippen molar-refractivity contribution < 1.29 is 19.1 Å². The van der Waals surface area contributed by atoms with Gasteiger partial charge in [0, 0.05) is 30.2 Å². The molecule has 0 unspecified atom stereocenters. The molecule has 0 fully saturated rings. The van der Waals surface area contributed by atoms with Crippen LogP contribution in [-0.2, 0) is 4.79 Å². The number of fused-ring (bicyclic) bond motifs is 6. The molecule has 5 rings (SSSR count). The lowest BCUT2D eigenvalue weighted by Gasteiger charge is -2.22. The minimum atomic E-state index is -0.888. The number of pyridine rings is 1. The van der Waals surface area contributed by atoms with E-state index >= 15 is 0 Å². The zero-order valence-electron chi connectivity index (χ0n) is 17.7. The quantitative estimate of drug-likeness (QED) is 0.385. The average Bonchev–Trinajstić information content (AvgIpc) is 3.18. The summed E-state index contributed by atoms with van der Waals surface area (Å²) in [4.78, 5) is 43.1. The normalized spacial score (nSPS) is 11.5. The highest BCUT2D eigenvalue weighted by Crippen LogP contribution is 2.31. The van der Waals surface area contributed by atoms with Gasteiger partial charge in [-0.1, -0.05) is 12.1 Å². The summed E-state index contributed by atoms with van der Waals surface area (Å²) in [5, 5.41) is 10.3. The van der Waals surface area contributed by atoms with E-state index in [1.54, 1.807) is 24.3 Å². The lowest BCUT2D eigenvalue weighted by molar-refractivity contribution is -0.136. The van der Waals surface area contributed by atoms with Crippen LogP contribution in [0.5, 0.6) is 0 Å². The summed E-state index contributed by atoms with van der Waals surface area (Å²) < 4.78 is 7.47. The summed E-state index contributed by atoms with van der Waals surface area (Å²) >= 11 is 0. The molecular formula is C24H20N4O5. The molecule has 0 atom stereocenters. The second kappa shape index (κ2) is 7.63. The molecule has 9 heteroatoms. The number of hydrogen-bond donors (Lipinski definition) is 2. The Balaban J connectivity index is 1.81. The number of benzene rings is 2. The molecule has 3 N–H and O–H groups in total. The van der Waals surface area contributed by atoms with Gasteiger partial charge < -0.3 is 20.2 Å². The molecule has 0 aliphatic rings. The van der Waals surface area contributed by atoms with Crippen LogP contribution >= 0.6 is 0 Å². The number of nitrogens with two attached hydrogens (primary N) is 1. The van der Waals surface area contributed by atoms with Gasteiger partial charge in [0.25, 0.3) is 11.5 Å². The van der Waals surface area contributed by atoms with Gasteiger partial charge in [-0.05, 0) is 37.3 Å². The van der Waals surface area contributed by atoms with Crippen molar-refractivity contribution in [2.75, 3.05) is 18.0 Å². The van der Waals surface area contributed by atoms with Gasteiger partial charge in [0.2, 0.25) is 0 Å². The summed E-state index contributed by atoms with van der Waals surface area (Å²) in [6, 6.07) is 14.5. The maximum atomic E-state index is 13.3. The van der Waals surface area contributed by atoms with Crippen molar-refractivity contribution in [3.05, 3.63) is 64.4 Å². The van der Waals surface area contributed by atoms with E-state index < -0.39 is 17.4 Å². The van der Waals surface area contributed by atoms with Crippen molar-refractivity contribution in [3.63, 3.8) is 0 Å². The predicted molar refractivity (Wildman–Crippen MR) is 125 cm³/mol. The Hall–Kier alpha value is -4.40. The van der Waals surface area contributed by atoms with E-state index in [1.807, 2.05) is 36.1 Å². The number of carboxylic acids is 1. The fraction of sp³-hybridized carbons (Fsp3) is 0.167. The van der Waals surface area contributed by atoms with Gasteiger partial charge in [0.05, 0.1) is 22.8 Å². The number of amides is 1. The number of anilines is 1. The third kappa shape index (κ3) is 3.25. The van der Waals surface area contributed by atoms with Crippen LogP contribution in [0.15, 0.2) is 57.7 Å². The standard InChI is InChI=1S/C24H20N4O5/c1-2-27(10-9-19(29)30)14-8-7-13-11-15-21(33-18(13)12-14)20(22(25)31)24(32)28-17-6-4-3-5-16(17)26-23(15)28/h3-8,11-12H,2,9-10H2,1H3,(H2,25,31)(H,29,30). The number of rotatable bonds is 6. The zero-order chi connectivity index (χ0) is 23.3. The number of hydrogen-bond acceptors (Lipinski definition) is 6. The third-order valence-electron chi connectivity index (χ3n) is 5.79. The molecule has 0 aliphatic carbocycles. The largest absolute Gasteiger partial charge is 0.481 e. The number of aliphatic carboxylic acids is 1. The fourth-order valence-corrected chi connectivity index (χ4v) is 4.20. The third-order valence-corrected chi connectivity index (χ3v) is 5.79. The molecule has 3 heterocycles. The highest BCUT2D eigenvalue weighted by molar-refractivity contribution is 6.10. The molecule has 0 spiro atoms. The first-order valence-corrected chi connectivity index (χ1v) is 10.5. The minimum Gasteiger partial charge on any atom is -0.481 e. The lowest BCUT2D eigenvalue weighted by atomic mass is 10.1. The molecule has 166 valence electrons. The number of primary amides is 1. The van der Waals surface area contributed by atoms with Crippen molar-refractivity contribution >= 4 is 56.2 Å². The molecule has 3 aromatic heterocycles. The summed E-state index contributed by atoms with van der Waals surface area (Å²) in [6.45, 7) is 2.87. The van der Waals surface area contributed by atoms with Gasteiger partial charge in [-0.2, -0.15) is 0 Å². The predicted octanol–water partition coefficient (Wildman–Crippen LogP) is 3.15. The Morgan fingerprint density at radius 1 is 1.18 bits per heavy atom. The van der Waals surface area contributed by atoms with Crippen molar-refractivity contribution in [2.45, 2.75) is 13.3 Å². The van der Waals surface area contributed by atoms with Crippen LogP contribution in [-0.4, -0.2) is 39.5 Å². The van der Waals surface area contributed by atoms with Gasteiger partial charge in [0.15, 0.2) is 11.2 Å². The van der Waals surface area contributed by atoms with Crippen LogP contribution < -0.4 is 16.2 Å². The maximum Gasteiger partial charge on any atom is 0.305 e. The maximum absolute atomic E-state index is 13.3. The second-order valence-electron chi connectivity index (χ2n) is 7.74. The van der Waals surface area contributed by atoms with Crippen LogP contribution in [0.1, 0.15) is 23.7 Å². The summed E-state index contributed by atoms with van der Waals surface area (Å²) in [5.74, 6) is -1.77. The Bertz CT molecular complexity index is 1650. The van der Waals surface area contributed by atoms with Crippen molar-refractivity contribution in [1.29, 1.82) is 0 Å². The van der Waals surface area contributed by atoms with Crippen molar-refractivity contribution in [1.82, 2.24) is 9.38 Å². The number of imidazole rings is 1. The van der Waals surface area contributed by atoms with Crippen LogP contribution in [0.2, 0.25) is 0 Å². The van der Waals surface area contributed by atoms with E-state index in [1.165, 1.54) is 4.40 Å². The Kier molecular flexibility index (Phi) is 4.74. The van der Waals surface area contributed by atoms with E-state index in [0.29, 0.717) is 40.7 Å². The summed E-state index contributed by atoms with van der Waals surface area (Å²) in [6.07, 6.45) is -0.00245. The Morgan fingerprint density at radius 2 is 1.97 bits per heavy atom. The molecule has 0 saturated heterocycles. The highest BCUT2D eigenvalue weighted by atomic mass is 16.4. The number of para-hydroxylation sites is 2. The van der Waals surface area contributed by atoms with E-state index in [2.05, 4.69) is 4.98 Å². The summed E-state index contributed by atoms with van der Waals surface area (Å²) in [5.41, 5.74) is 7.63. The SMILES string of the molecule is CCN(CCC(=O)O)c1ccc2cc3c(oc2c1)c(C(N)=O)c(=O)n1c2ccccc2nc31. The first-order chi connectivity index (χ1) is 15.9. The van der Waals surface area contributed by atoms with Gasteiger partial charge >= 0.3 is 5.97 Å². The number of aromatic nitrogens is 2. The lowest BCUT2D eigenvalue weighted by Crippen LogP contribution is -2.26. The first kappa shape index (κ1) is 20.5. The molecule has 1 amide bonds. The minimum absolute atomic E-state index is 0.00245. The number of carboxylic acid groups (broad SMARTS) is 1. The topological polar surface area (TPSA) is 131 Å². The van der Waals surface area contributed by atoms with Crippen LogP contribution in [0.4, 0.5) is 5.69 Å². The van der Waals surface area contributed by atoms with Gasteiger partial charge in [-0.15, -0.1) is 0 Å². The molecule has 33 heavy (non-hydrogen) atoms. The van der Waals surface area contributed by atoms with Crippen LogP contribution in [0.25, 0.3) is 38.6 Å². The Labute approximate surface area is 186 Å². The van der Waals surface area contributed by atoms with E-state index in [0.717, 1.165) is 11.1 Å². The van der Waals surface area contributed by atoms with Gasteiger partial charge in [0.1, 0.15) is 11.1 Å². The Morgan fingerprint density at radius 3 is 2.70 bits per heavy atom. The van der Waals surface area contributed by atoms with E-state index in [-0.39, 0.29) is 17.6 Å². The van der Waals surface area contributed by atoms with Gasteiger partial charge in [-0.25, -0.2) is 4.98 Å². The molecule has 9 nitrogen and oxygen atoms in total. The van der Waals surface area contributed by atoms with E-state index in [4.69, 9.17) is 15.3 Å². The molecule has 0 saturated carbocycles. The molecule has 0 radical (unpaired) electrons. The molecular weight excluding hydrogens is 424 g/mol. The second-order valence-corrected chi connectivity index (χ2v) is 7.74. The van der Waals surface area contributed by atoms with E-state index in [9.17, 15) is 14.4 Å². The number of carbonyl (C=O) groups is 2. The molecule has 5 aromatic rings. The van der Waals surface area contributed by atoms with Crippen molar-refractivity contribution in [2.24, 2.45) is 5.73 Å². The number of nitrogens with zero attached hydrogens (tertiary/aromatic N) is 3. The monoisotopic (exact) mass is 444 g/mol. The fourth-order valence-electron chi connectivity index (χ4n) is 4.20. The first-order valence-electron chi connectivity index (χ1n) is 10.5. The van der Waals surface area contributed by atoms with Crippen LogP contribution in [0, 0.1) is 0 Å². The zero-order valence-corrected chi connectivity index (χ0v) is 17.7. The van der Waals surface area contributed by atoms with Gasteiger partial charge in [-0.3, -0.25) is 18.8 Å². The highest BCUT2D eigenvalue weighted by Gasteiger charge is 2.22. The average molecular weight is 444 g/mol. The van der Waals surface area contributed by atoms with Crippen LogP contribution in [0.3, 0.4) is 0 Å². The molecule has 2 aromatic carbocycles. The molecule has 0 bridgehead atoms. The molecule has 0 aliphatic heterocycles.